The van der Waals surface area contributed by atoms with Crippen LogP contribution in [0.4, 0.5) is 18.9 Å². The van der Waals surface area contributed by atoms with Crippen molar-refractivity contribution in [2.24, 2.45) is 11.8 Å². The Labute approximate surface area is 141 Å². The molecular formula is C17H14F3NO4. The average molecular weight is 353 g/mol. The molecule has 0 unspecified atom stereocenters. The molecule has 1 aromatic carbocycles. The third-order valence-electron chi connectivity index (χ3n) is 5.06. The number of benzene rings is 1. The number of ether oxygens (including phenoxy) is 2. The molecule has 2 fully saturated rings. The minimum Gasteiger partial charge on any atom is -0.469 e. The SMILES string of the molecule is COC(=O)[C@@H]1[C@H]2C=C[C@@]3(CN(c4cccc(C(F)(F)F)c4)C(=O)[C@@H]13)O2. The zero-order valence-electron chi connectivity index (χ0n) is 13.1. The molecule has 2 saturated heterocycles. The van der Waals surface area contributed by atoms with Crippen LogP contribution < -0.4 is 4.90 Å². The molecule has 3 heterocycles. The normalized spacial score (nSPS) is 33.0. The summed E-state index contributed by atoms with van der Waals surface area (Å²) in [5.41, 5.74) is -1.69. The van der Waals surface area contributed by atoms with Crippen LogP contribution in [0.3, 0.4) is 0 Å². The lowest BCUT2D eigenvalue weighted by Crippen LogP contribution is -2.39. The number of carbonyl (C=O) groups excluding carboxylic acids is 2. The Hall–Kier alpha value is -2.35. The first-order chi connectivity index (χ1) is 11.8. The van der Waals surface area contributed by atoms with E-state index in [2.05, 4.69) is 0 Å². The molecule has 0 aliphatic carbocycles. The lowest BCUT2D eigenvalue weighted by molar-refractivity contribution is -0.149. The number of amides is 1. The summed E-state index contributed by atoms with van der Waals surface area (Å²) >= 11 is 0. The lowest BCUT2D eigenvalue weighted by Gasteiger charge is -2.22. The van der Waals surface area contributed by atoms with Gasteiger partial charge in [0.25, 0.3) is 0 Å². The van der Waals surface area contributed by atoms with Crippen LogP contribution in [-0.2, 0) is 25.2 Å². The number of hydrogen-bond donors (Lipinski definition) is 0. The van der Waals surface area contributed by atoms with Gasteiger partial charge >= 0.3 is 12.1 Å². The fourth-order valence-corrected chi connectivity index (χ4v) is 3.97. The van der Waals surface area contributed by atoms with Gasteiger partial charge in [0.2, 0.25) is 5.91 Å². The Morgan fingerprint density at radius 1 is 1.40 bits per heavy atom. The van der Waals surface area contributed by atoms with E-state index >= 15 is 0 Å². The largest absolute Gasteiger partial charge is 0.469 e. The van der Waals surface area contributed by atoms with Gasteiger partial charge in [0.1, 0.15) is 11.5 Å². The lowest BCUT2D eigenvalue weighted by atomic mass is 9.77. The fraction of sp³-hybridized carbons (Fsp3) is 0.412. The number of nitrogens with zero attached hydrogens (tertiary/aromatic N) is 1. The van der Waals surface area contributed by atoms with Crippen LogP contribution >= 0.6 is 0 Å². The zero-order valence-corrected chi connectivity index (χ0v) is 13.1. The van der Waals surface area contributed by atoms with Gasteiger partial charge in [-0.25, -0.2) is 0 Å². The van der Waals surface area contributed by atoms with Crippen molar-refractivity contribution in [3.8, 4) is 0 Å². The molecule has 5 nitrogen and oxygen atoms in total. The molecule has 1 amide bonds. The Morgan fingerprint density at radius 2 is 2.16 bits per heavy atom. The van der Waals surface area contributed by atoms with Crippen molar-refractivity contribution < 1.29 is 32.2 Å². The van der Waals surface area contributed by atoms with E-state index in [0.29, 0.717) is 0 Å². The summed E-state index contributed by atoms with van der Waals surface area (Å²) in [5.74, 6) is -2.55. The monoisotopic (exact) mass is 353 g/mol. The molecule has 0 N–H and O–H groups in total. The van der Waals surface area contributed by atoms with Crippen molar-refractivity contribution >= 4 is 17.6 Å². The molecule has 132 valence electrons. The van der Waals surface area contributed by atoms with Gasteiger partial charge in [-0.05, 0) is 18.2 Å². The quantitative estimate of drug-likeness (QED) is 0.604. The number of halogens is 3. The summed E-state index contributed by atoms with van der Waals surface area (Å²) in [7, 11) is 1.23. The van der Waals surface area contributed by atoms with Gasteiger partial charge in [0, 0.05) is 5.69 Å². The number of rotatable bonds is 2. The third-order valence-corrected chi connectivity index (χ3v) is 5.06. The molecule has 2 bridgehead atoms. The summed E-state index contributed by atoms with van der Waals surface area (Å²) < 4.78 is 49.4. The summed E-state index contributed by atoms with van der Waals surface area (Å²) in [6, 6.07) is 4.57. The Balaban J connectivity index is 1.71. The maximum absolute atomic E-state index is 12.9. The number of alkyl halides is 3. The summed E-state index contributed by atoms with van der Waals surface area (Å²) in [6.07, 6.45) is -1.60. The predicted molar refractivity (Wildman–Crippen MR) is 79.5 cm³/mol. The second kappa shape index (κ2) is 5.08. The van der Waals surface area contributed by atoms with Crippen molar-refractivity contribution in [3.05, 3.63) is 42.0 Å². The number of fused-ring (bicyclic) bond motifs is 1. The van der Waals surface area contributed by atoms with Gasteiger partial charge in [-0.1, -0.05) is 18.2 Å². The topological polar surface area (TPSA) is 55.8 Å². The van der Waals surface area contributed by atoms with Crippen LogP contribution in [-0.4, -0.2) is 37.2 Å². The van der Waals surface area contributed by atoms with E-state index in [1.807, 2.05) is 0 Å². The highest BCUT2D eigenvalue weighted by Crippen LogP contribution is 2.53. The van der Waals surface area contributed by atoms with Gasteiger partial charge in [-0.2, -0.15) is 13.2 Å². The second-order valence-corrected chi connectivity index (χ2v) is 6.40. The van der Waals surface area contributed by atoms with Crippen molar-refractivity contribution in [1.29, 1.82) is 0 Å². The highest BCUT2D eigenvalue weighted by atomic mass is 19.4. The number of methoxy groups -OCH3 is 1. The van der Waals surface area contributed by atoms with E-state index in [9.17, 15) is 22.8 Å². The fourth-order valence-electron chi connectivity index (χ4n) is 3.97. The van der Waals surface area contributed by atoms with Crippen molar-refractivity contribution in [3.63, 3.8) is 0 Å². The third kappa shape index (κ3) is 2.20. The van der Waals surface area contributed by atoms with Gasteiger partial charge in [0.05, 0.1) is 31.2 Å². The molecule has 25 heavy (non-hydrogen) atoms. The molecule has 4 rings (SSSR count). The second-order valence-electron chi connectivity index (χ2n) is 6.40. The van der Waals surface area contributed by atoms with E-state index in [1.54, 1.807) is 12.2 Å². The van der Waals surface area contributed by atoms with Crippen LogP contribution in [0.15, 0.2) is 36.4 Å². The van der Waals surface area contributed by atoms with Crippen LogP contribution in [0.2, 0.25) is 0 Å². The average Bonchev–Trinajstić information content (AvgIpc) is 3.22. The minimum atomic E-state index is -4.50. The Morgan fingerprint density at radius 3 is 2.84 bits per heavy atom. The van der Waals surface area contributed by atoms with Crippen molar-refractivity contribution in [1.82, 2.24) is 0 Å². The molecule has 1 spiro atoms. The Kier molecular flexibility index (Phi) is 3.28. The molecule has 0 radical (unpaired) electrons. The number of hydrogen-bond acceptors (Lipinski definition) is 4. The van der Waals surface area contributed by atoms with Crippen molar-refractivity contribution in [2.45, 2.75) is 17.9 Å². The summed E-state index contributed by atoms with van der Waals surface area (Å²) in [5, 5.41) is 0. The predicted octanol–water partition coefficient (Wildman–Crippen LogP) is 2.16. The van der Waals surface area contributed by atoms with E-state index in [-0.39, 0.29) is 12.2 Å². The molecule has 3 aliphatic heterocycles. The molecule has 1 aromatic rings. The zero-order chi connectivity index (χ0) is 18.0. The van der Waals surface area contributed by atoms with E-state index in [1.165, 1.54) is 24.1 Å². The Bertz CT molecular complexity index is 790. The molecule has 4 atom stereocenters. The first-order valence-corrected chi connectivity index (χ1v) is 7.70. The molecule has 8 heteroatoms. The molecule has 3 aliphatic rings. The number of carbonyl (C=O) groups is 2. The maximum Gasteiger partial charge on any atom is 0.416 e. The standard InChI is InChI=1S/C17H14F3NO4/c1-24-15(23)12-11-5-6-16(25-11)8-21(14(22)13(12)16)10-4-2-3-9(7-10)17(18,19)20/h2-7,11-13H,8H2,1H3/t11-,12-,13-,16+/m1/s1. The highest BCUT2D eigenvalue weighted by Gasteiger charge is 2.67. The van der Waals surface area contributed by atoms with Crippen LogP contribution in [0, 0.1) is 11.8 Å². The molecule has 0 saturated carbocycles. The van der Waals surface area contributed by atoms with Gasteiger partial charge in [0.15, 0.2) is 0 Å². The van der Waals surface area contributed by atoms with E-state index in [0.717, 1.165) is 12.1 Å². The van der Waals surface area contributed by atoms with E-state index in [4.69, 9.17) is 9.47 Å². The maximum atomic E-state index is 12.9. The van der Waals surface area contributed by atoms with Crippen LogP contribution in [0.25, 0.3) is 0 Å². The van der Waals surface area contributed by atoms with Crippen LogP contribution in [0.5, 0.6) is 0 Å². The van der Waals surface area contributed by atoms with E-state index < -0.39 is 47.2 Å². The minimum absolute atomic E-state index is 0.0678. The first-order valence-electron chi connectivity index (χ1n) is 7.70. The highest BCUT2D eigenvalue weighted by molar-refractivity contribution is 6.02. The molecular weight excluding hydrogens is 339 g/mol. The smallest absolute Gasteiger partial charge is 0.416 e. The van der Waals surface area contributed by atoms with Gasteiger partial charge < -0.3 is 14.4 Å². The first kappa shape index (κ1) is 16.1. The van der Waals surface area contributed by atoms with Gasteiger partial charge in [-0.15, -0.1) is 0 Å². The number of esters is 1. The van der Waals surface area contributed by atoms with Crippen molar-refractivity contribution in [2.75, 3.05) is 18.6 Å². The molecule has 0 aromatic heterocycles. The van der Waals surface area contributed by atoms with Gasteiger partial charge in [-0.3, -0.25) is 9.59 Å². The summed E-state index contributed by atoms with van der Waals surface area (Å²) in [4.78, 5) is 26.2. The van der Waals surface area contributed by atoms with Crippen LogP contribution in [0.1, 0.15) is 5.56 Å². The number of anilines is 1. The summed E-state index contributed by atoms with van der Waals surface area (Å²) in [6.45, 7) is 0.0678.